The van der Waals surface area contributed by atoms with Crippen LogP contribution in [0.5, 0.6) is 5.75 Å². The van der Waals surface area contributed by atoms with E-state index < -0.39 is 6.04 Å². The summed E-state index contributed by atoms with van der Waals surface area (Å²) < 4.78 is 5.36. The van der Waals surface area contributed by atoms with Crippen molar-refractivity contribution in [3.05, 3.63) is 41.2 Å². The zero-order valence-corrected chi connectivity index (χ0v) is 23.5. The lowest BCUT2D eigenvalue weighted by Crippen LogP contribution is -2.47. The molecule has 1 atom stereocenters. The number of ether oxygens (including phenoxy) is 1. The Balaban J connectivity index is 1.58. The van der Waals surface area contributed by atoms with Crippen LogP contribution < -0.4 is 15.4 Å². The van der Waals surface area contributed by atoms with Gasteiger partial charge >= 0.3 is 0 Å². The average Bonchev–Trinajstić information content (AvgIpc) is 3.20. The number of H-pyrrole nitrogens is 1. The van der Waals surface area contributed by atoms with E-state index in [-0.39, 0.29) is 24.0 Å². The standard InChI is InChI=1S/C30H44N4O4/c1-21-11-8-9-17-34(21)18-10-16-31-30(37)28(13-7-5-6-12-22(2)35)33-29(36)20-25-23(3)32-27-15-14-24(38-4)19-26(25)27/h11,14-15,19,28,32H,5-10,12-13,16-18,20H2,1-4H3,(H,31,37)(H,33,36)/t28-/m0/s1. The number of fused-ring (bicyclic) bond motifs is 1. The molecule has 1 aromatic heterocycles. The van der Waals surface area contributed by atoms with E-state index in [0.29, 0.717) is 19.4 Å². The molecule has 38 heavy (non-hydrogen) atoms. The van der Waals surface area contributed by atoms with Gasteiger partial charge in [-0.2, -0.15) is 0 Å². The lowest BCUT2D eigenvalue weighted by Gasteiger charge is -2.28. The highest BCUT2D eigenvalue weighted by Crippen LogP contribution is 2.27. The number of rotatable bonds is 15. The minimum atomic E-state index is -0.600. The first-order valence-corrected chi connectivity index (χ1v) is 13.9. The Morgan fingerprint density at radius 2 is 1.95 bits per heavy atom. The van der Waals surface area contributed by atoms with Crippen molar-refractivity contribution in [3.8, 4) is 5.75 Å². The number of Topliss-reactive ketones (excluding diaryl/α,β-unsaturated/α-hetero) is 1. The van der Waals surface area contributed by atoms with Crippen LogP contribution >= 0.6 is 0 Å². The molecule has 3 rings (SSSR count). The van der Waals surface area contributed by atoms with Crippen molar-refractivity contribution in [3.63, 3.8) is 0 Å². The lowest BCUT2D eigenvalue weighted by atomic mass is 10.0. The van der Waals surface area contributed by atoms with Gasteiger partial charge in [-0.1, -0.05) is 18.9 Å². The maximum absolute atomic E-state index is 13.1. The fraction of sp³-hybridized carbons (Fsp3) is 0.567. The number of hydrogen-bond donors (Lipinski definition) is 3. The molecule has 208 valence electrons. The number of methoxy groups -OCH3 is 1. The molecule has 3 N–H and O–H groups in total. The van der Waals surface area contributed by atoms with E-state index >= 15 is 0 Å². The van der Waals surface area contributed by atoms with Crippen LogP contribution in [0.2, 0.25) is 0 Å². The number of carbonyl (C=O) groups is 3. The van der Waals surface area contributed by atoms with Gasteiger partial charge in [0.15, 0.2) is 0 Å². The number of allylic oxidation sites excluding steroid dienone is 2. The van der Waals surface area contributed by atoms with Crippen LogP contribution in [-0.4, -0.2) is 60.3 Å². The largest absolute Gasteiger partial charge is 0.497 e. The molecule has 2 amide bonds. The molecule has 2 aromatic rings. The number of ketones is 1. The molecule has 0 spiro atoms. The number of aryl methyl sites for hydroxylation is 1. The normalized spacial score (nSPS) is 14.2. The number of nitrogens with one attached hydrogen (secondary N) is 3. The van der Waals surface area contributed by atoms with Crippen LogP contribution in [-0.2, 0) is 20.8 Å². The van der Waals surface area contributed by atoms with E-state index in [1.54, 1.807) is 14.0 Å². The van der Waals surface area contributed by atoms with E-state index in [0.717, 1.165) is 73.1 Å². The van der Waals surface area contributed by atoms with E-state index in [4.69, 9.17) is 4.74 Å². The molecule has 1 aliphatic rings. The van der Waals surface area contributed by atoms with Crippen LogP contribution in [0, 0.1) is 6.92 Å². The van der Waals surface area contributed by atoms with Crippen molar-refractivity contribution in [2.75, 3.05) is 26.7 Å². The predicted molar refractivity (Wildman–Crippen MR) is 151 cm³/mol. The summed E-state index contributed by atoms with van der Waals surface area (Å²) in [6.07, 6.45) is 9.12. The number of aromatic amines is 1. The van der Waals surface area contributed by atoms with Crippen LogP contribution in [0.15, 0.2) is 30.0 Å². The predicted octanol–water partition coefficient (Wildman–Crippen LogP) is 4.56. The summed E-state index contributed by atoms with van der Waals surface area (Å²) in [4.78, 5) is 43.2. The Morgan fingerprint density at radius 1 is 1.13 bits per heavy atom. The molecular formula is C30H44N4O4. The summed E-state index contributed by atoms with van der Waals surface area (Å²) >= 11 is 0. The number of amides is 2. The van der Waals surface area contributed by atoms with Crippen LogP contribution in [0.1, 0.15) is 76.5 Å². The fourth-order valence-corrected chi connectivity index (χ4v) is 5.08. The minimum Gasteiger partial charge on any atom is -0.497 e. The molecule has 0 saturated carbocycles. The smallest absolute Gasteiger partial charge is 0.242 e. The number of aromatic nitrogens is 1. The van der Waals surface area contributed by atoms with Crippen molar-refractivity contribution in [1.29, 1.82) is 0 Å². The van der Waals surface area contributed by atoms with Crippen molar-refractivity contribution in [1.82, 2.24) is 20.5 Å². The summed E-state index contributed by atoms with van der Waals surface area (Å²) in [6.45, 7) is 8.23. The van der Waals surface area contributed by atoms with E-state index in [2.05, 4.69) is 33.5 Å². The number of nitrogens with zero attached hydrogens (tertiary/aromatic N) is 1. The third kappa shape index (κ3) is 8.64. The first-order valence-electron chi connectivity index (χ1n) is 13.9. The first kappa shape index (κ1) is 29.3. The van der Waals surface area contributed by atoms with Gasteiger partial charge in [0.05, 0.1) is 13.5 Å². The van der Waals surface area contributed by atoms with Gasteiger partial charge in [0.25, 0.3) is 0 Å². The minimum absolute atomic E-state index is 0.145. The van der Waals surface area contributed by atoms with Gasteiger partial charge in [-0.3, -0.25) is 9.59 Å². The van der Waals surface area contributed by atoms with Crippen molar-refractivity contribution in [2.45, 2.75) is 84.6 Å². The quantitative estimate of drug-likeness (QED) is 0.297. The van der Waals surface area contributed by atoms with Crippen molar-refractivity contribution in [2.24, 2.45) is 0 Å². The molecule has 2 heterocycles. The van der Waals surface area contributed by atoms with Crippen molar-refractivity contribution < 1.29 is 19.1 Å². The maximum atomic E-state index is 13.1. The molecule has 0 saturated heterocycles. The number of unbranched alkanes of at least 4 members (excludes halogenated alkanes) is 2. The van der Waals surface area contributed by atoms with Gasteiger partial charge in [-0.05, 0) is 76.6 Å². The SMILES string of the molecule is COc1ccc2[nH]c(C)c(CC(=O)N[C@@H](CCCCCC(C)=O)C(=O)NCCCN3CCCC=C3C)c2c1. The fourth-order valence-electron chi connectivity index (χ4n) is 5.08. The van der Waals surface area contributed by atoms with Crippen LogP contribution in [0.4, 0.5) is 0 Å². The summed E-state index contributed by atoms with van der Waals surface area (Å²) in [7, 11) is 1.62. The highest BCUT2D eigenvalue weighted by Gasteiger charge is 2.22. The zero-order chi connectivity index (χ0) is 27.5. The molecule has 0 radical (unpaired) electrons. The van der Waals surface area contributed by atoms with Crippen LogP contribution in [0.25, 0.3) is 10.9 Å². The Bertz CT molecular complexity index is 1140. The molecule has 8 nitrogen and oxygen atoms in total. The highest BCUT2D eigenvalue weighted by atomic mass is 16.5. The Morgan fingerprint density at radius 3 is 2.68 bits per heavy atom. The third-order valence-electron chi connectivity index (χ3n) is 7.31. The van der Waals surface area contributed by atoms with Gasteiger partial charge < -0.3 is 30.0 Å². The van der Waals surface area contributed by atoms with Gasteiger partial charge in [0.1, 0.15) is 17.6 Å². The van der Waals surface area contributed by atoms with Gasteiger partial charge in [0, 0.05) is 48.3 Å². The second kappa shape index (κ2) is 14.6. The van der Waals surface area contributed by atoms with Gasteiger partial charge in [0.2, 0.25) is 11.8 Å². The maximum Gasteiger partial charge on any atom is 0.242 e. The van der Waals surface area contributed by atoms with E-state index in [1.807, 2.05) is 25.1 Å². The average molecular weight is 525 g/mol. The summed E-state index contributed by atoms with van der Waals surface area (Å²) in [5, 5.41) is 6.98. The summed E-state index contributed by atoms with van der Waals surface area (Å²) in [5.41, 5.74) is 4.09. The second-order valence-corrected chi connectivity index (χ2v) is 10.4. The summed E-state index contributed by atoms with van der Waals surface area (Å²) in [6, 6.07) is 5.16. The molecule has 0 aliphatic carbocycles. The molecule has 0 bridgehead atoms. The number of carbonyl (C=O) groups excluding carboxylic acids is 3. The topological polar surface area (TPSA) is 104 Å². The zero-order valence-electron chi connectivity index (χ0n) is 23.5. The molecular weight excluding hydrogens is 480 g/mol. The molecule has 8 heteroatoms. The van der Waals surface area contributed by atoms with Crippen LogP contribution in [0.3, 0.4) is 0 Å². The van der Waals surface area contributed by atoms with Crippen molar-refractivity contribution >= 4 is 28.5 Å². The molecule has 1 aromatic carbocycles. The first-order chi connectivity index (χ1) is 18.3. The summed E-state index contributed by atoms with van der Waals surface area (Å²) in [5.74, 6) is 0.580. The molecule has 0 unspecified atom stereocenters. The van der Waals surface area contributed by atoms with Gasteiger partial charge in [-0.25, -0.2) is 0 Å². The lowest BCUT2D eigenvalue weighted by molar-refractivity contribution is -0.128. The number of benzene rings is 1. The Labute approximate surface area is 226 Å². The number of hydrogen-bond acceptors (Lipinski definition) is 5. The Hall–Kier alpha value is -3.29. The van der Waals surface area contributed by atoms with E-state index in [1.165, 1.54) is 12.1 Å². The highest BCUT2D eigenvalue weighted by molar-refractivity contribution is 5.93. The third-order valence-corrected chi connectivity index (χ3v) is 7.31. The molecule has 0 fully saturated rings. The second-order valence-electron chi connectivity index (χ2n) is 10.4. The van der Waals surface area contributed by atoms with Gasteiger partial charge in [-0.15, -0.1) is 0 Å². The monoisotopic (exact) mass is 524 g/mol. The van der Waals surface area contributed by atoms with E-state index in [9.17, 15) is 14.4 Å². The molecule has 1 aliphatic heterocycles. The Kier molecular flexibility index (Phi) is 11.2.